The van der Waals surface area contributed by atoms with Gasteiger partial charge >= 0.3 is 0 Å². The van der Waals surface area contributed by atoms with Crippen LogP contribution in [0.4, 0.5) is 0 Å². The lowest BCUT2D eigenvalue weighted by Gasteiger charge is -2.26. The van der Waals surface area contributed by atoms with Gasteiger partial charge in [0.2, 0.25) is 0 Å². The Balaban J connectivity index is 1.57. The Morgan fingerprint density at radius 2 is 2.12 bits per heavy atom. The molecule has 1 unspecified atom stereocenters. The molecule has 1 amide bonds. The molecule has 1 aliphatic heterocycles. The Bertz CT molecular complexity index is 777. The van der Waals surface area contributed by atoms with Gasteiger partial charge in [0, 0.05) is 24.4 Å². The number of hydrogen-bond acceptors (Lipinski definition) is 3. The monoisotopic (exact) mass is 339 g/mol. The van der Waals surface area contributed by atoms with E-state index >= 15 is 0 Å². The molecule has 1 saturated carbocycles. The Hall–Kier alpha value is -2.30. The molecule has 25 heavy (non-hydrogen) atoms. The molecule has 1 atom stereocenters. The Morgan fingerprint density at radius 3 is 2.88 bits per heavy atom. The number of hydrogen-bond donors (Lipinski definition) is 1. The number of carbonyl (C=O) groups excluding carboxylic acids is 1. The third kappa shape index (κ3) is 3.28. The summed E-state index contributed by atoms with van der Waals surface area (Å²) in [5, 5.41) is 7.72. The van der Waals surface area contributed by atoms with Crippen molar-refractivity contribution in [2.24, 2.45) is 5.92 Å². The highest BCUT2D eigenvalue weighted by molar-refractivity contribution is 5.95. The molecule has 132 valence electrons. The number of benzene rings is 1. The third-order valence-electron chi connectivity index (χ3n) is 4.89. The molecule has 4 rings (SSSR count). The molecule has 1 aliphatic carbocycles. The smallest absolute Gasteiger partial charge is 0.255 e. The van der Waals surface area contributed by atoms with Gasteiger partial charge in [0.15, 0.2) is 0 Å². The van der Waals surface area contributed by atoms with Crippen LogP contribution in [-0.4, -0.2) is 22.3 Å². The Kier molecular flexibility index (Phi) is 4.24. The van der Waals surface area contributed by atoms with E-state index in [1.165, 1.54) is 0 Å². The van der Waals surface area contributed by atoms with Crippen LogP contribution in [0.25, 0.3) is 0 Å². The van der Waals surface area contributed by atoms with E-state index in [2.05, 4.69) is 24.3 Å². The first-order chi connectivity index (χ1) is 12.1. The molecular weight excluding hydrogens is 314 g/mol. The van der Waals surface area contributed by atoms with Crippen LogP contribution in [0.3, 0.4) is 0 Å². The summed E-state index contributed by atoms with van der Waals surface area (Å²) in [4.78, 5) is 13.0. The second-order valence-electron chi connectivity index (χ2n) is 7.49. The highest BCUT2D eigenvalue weighted by Crippen LogP contribution is 2.42. The maximum Gasteiger partial charge on any atom is 0.255 e. The second kappa shape index (κ2) is 6.54. The van der Waals surface area contributed by atoms with Crippen LogP contribution in [0.1, 0.15) is 66.7 Å². The van der Waals surface area contributed by atoms with Crippen LogP contribution in [0.5, 0.6) is 5.75 Å². The molecule has 0 spiro atoms. The molecule has 0 bridgehead atoms. The molecule has 0 saturated heterocycles. The van der Waals surface area contributed by atoms with Crippen molar-refractivity contribution in [2.75, 3.05) is 6.61 Å². The van der Waals surface area contributed by atoms with Gasteiger partial charge < -0.3 is 10.1 Å². The summed E-state index contributed by atoms with van der Waals surface area (Å²) >= 11 is 0. The first-order valence-electron chi connectivity index (χ1n) is 9.21. The molecular formula is C20H25N3O2. The van der Waals surface area contributed by atoms with Crippen molar-refractivity contribution >= 4 is 5.91 Å². The molecule has 2 heterocycles. The van der Waals surface area contributed by atoms with Crippen molar-refractivity contribution in [3.63, 3.8) is 0 Å². The minimum Gasteiger partial charge on any atom is -0.493 e. The number of para-hydroxylation sites is 1. The van der Waals surface area contributed by atoms with Crippen LogP contribution >= 0.6 is 0 Å². The fraction of sp³-hybridized carbons (Fsp3) is 0.500. The van der Waals surface area contributed by atoms with E-state index in [9.17, 15) is 4.79 Å². The Morgan fingerprint density at radius 1 is 1.32 bits per heavy atom. The van der Waals surface area contributed by atoms with Crippen molar-refractivity contribution in [1.29, 1.82) is 0 Å². The van der Waals surface area contributed by atoms with E-state index in [4.69, 9.17) is 4.74 Å². The summed E-state index contributed by atoms with van der Waals surface area (Å²) in [5.74, 6) is 1.86. The lowest BCUT2D eigenvalue weighted by Crippen LogP contribution is -2.32. The van der Waals surface area contributed by atoms with Gasteiger partial charge in [-0.05, 0) is 24.8 Å². The highest BCUT2D eigenvalue weighted by Gasteiger charge is 2.33. The summed E-state index contributed by atoms with van der Waals surface area (Å²) in [6.07, 6.45) is 4.85. The minimum atomic E-state index is -0.0152. The van der Waals surface area contributed by atoms with E-state index in [0.717, 1.165) is 48.4 Å². The first kappa shape index (κ1) is 16.2. The first-order valence-corrected chi connectivity index (χ1v) is 9.21. The highest BCUT2D eigenvalue weighted by atomic mass is 16.5. The molecule has 1 fully saturated rings. The van der Waals surface area contributed by atoms with Gasteiger partial charge in [0.05, 0.1) is 30.1 Å². The standard InChI is InChI=1S/C20H25N3O2/c1-13(2)12-23-19(14-7-8-14)16(11-21-23)20(24)22-17-9-10-25-18-6-4-3-5-15(17)18/h3-6,11,13-14,17H,7-10,12H2,1-2H3,(H,22,24). The van der Waals surface area contributed by atoms with Gasteiger partial charge in [0.25, 0.3) is 5.91 Å². The zero-order chi connectivity index (χ0) is 17.4. The van der Waals surface area contributed by atoms with Crippen molar-refractivity contribution in [3.8, 4) is 5.75 Å². The van der Waals surface area contributed by atoms with E-state index in [0.29, 0.717) is 18.4 Å². The average Bonchev–Trinajstić information content (AvgIpc) is 3.35. The van der Waals surface area contributed by atoms with Crippen LogP contribution < -0.4 is 10.1 Å². The largest absolute Gasteiger partial charge is 0.493 e. The van der Waals surface area contributed by atoms with Gasteiger partial charge in [-0.15, -0.1) is 0 Å². The van der Waals surface area contributed by atoms with Crippen LogP contribution in [0, 0.1) is 5.92 Å². The number of aromatic nitrogens is 2. The Labute approximate surface area is 148 Å². The minimum absolute atomic E-state index is 0.00190. The molecule has 2 aromatic rings. The van der Waals surface area contributed by atoms with E-state index in [1.807, 2.05) is 28.9 Å². The molecule has 0 radical (unpaired) electrons. The number of amides is 1. The zero-order valence-corrected chi connectivity index (χ0v) is 14.9. The molecule has 1 N–H and O–H groups in total. The summed E-state index contributed by atoms with van der Waals surface area (Å²) in [5.41, 5.74) is 2.92. The lowest BCUT2D eigenvalue weighted by molar-refractivity contribution is 0.0923. The van der Waals surface area contributed by atoms with Gasteiger partial charge in [-0.2, -0.15) is 5.10 Å². The molecule has 5 nitrogen and oxygen atoms in total. The molecule has 2 aliphatic rings. The number of carbonyl (C=O) groups is 1. The number of fused-ring (bicyclic) bond motifs is 1. The average molecular weight is 339 g/mol. The van der Waals surface area contributed by atoms with Crippen molar-refractivity contribution in [2.45, 2.75) is 51.6 Å². The van der Waals surface area contributed by atoms with Gasteiger partial charge in [0.1, 0.15) is 5.75 Å². The maximum atomic E-state index is 13.0. The fourth-order valence-electron chi connectivity index (χ4n) is 3.58. The summed E-state index contributed by atoms with van der Waals surface area (Å²) in [7, 11) is 0. The summed E-state index contributed by atoms with van der Waals surface area (Å²) in [6, 6.07) is 7.94. The SMILES string of the molecule is CC(C)Cn1ncc(C(=O)NC2CCOc3ccccc32)c1C1CC1. The topological polar surface area (TPSA) is 56.2 Å². The quantitative estimate of drug-likeness (QED) is 0.904. The zero-order valence-electron chi connectivity index (χ0n) is 14.9. The van der Waals surface area contributed by atoms with Crippen LogP contribution in [0.15, 0.2) is 30.5 Å². The fourth-order valence-corrected chi connectivity index (χ4v) is 3.58. The second-order valence-corrected chi connectivity index (χ2v) is 7.49. The van der Waals surface area contributed by atoms with Crippen molar-refractivity contribution in [1.82, 2.24) is 15.1 Å². The summed E-state index contributed by atoms with van der Waals surface area (Å²) < 4.78 is 7.73. The summed E-state index contributed by atoms with van der Waals surface area (Å²) in [6.45, 7) is 5.84. The maximum absolute atomic E-state index is 13.0. The van der Waals surface area contributed by atoms with Crippen LogP contribution in [0.2, 0.25) is 0 Å². The number of rotatable bonds is 5. The van der Waals surface area contributed by atoms with E-state index < -0.39 is 0 Å². The molecule has 1 aromatic heterocycles. The van der Waals surface area contributed by atoms with E-state index in [-0.39, 0.29) is 11.9 Å². The van der Waals surface area contributed by atoms with Crippen molar-refractivity contribution < 1.29 is 9.53 Å². The predicted molar refractivity (Wildman–Crippen MR) is 95.8 cm³/mol. The van der Waals surface area contributed by atoms with Gasteiger partial charge in [-0.3, -0.25) is 9.48 Å². The van der Waals surface area contributed by atoms with Gasteiger partial charge in [-0.25, -0.2) is 0 Å². The van der Waals surface area contributed by atoms with Crippen molar-refractivity contribution in [3.05, 3.63) is 47.3 Å². The van der Waals surface area contributed by atoms with E-state index in [1.54, 1.807) is 6.20 Å². The van der Waals surface area contributed by atoms with Crippen LogP contribution in [-0.2, 0) is 6.54 Å². The number of nitrogens with zero attached hydrogens (tertiary/aromatic N) is 2. The normalized spacial score (nSPS) is 19.4. The number of nitrogens with one attached hydrogen (secondary N) is 1. The number of ether oxygens (including phenoxy) is 1. The third-order valence-corrected chi connectivity index (χ3v) is 4.89. The lowest BCUT2D eigenvalue weighted by atomic mass is 10.00. The predicted octanol–water partition coefficient (Wildman–Crippen LogP) is 3.67. The molecule has 5 heteroatoms. The van der Waals surface area contributed by atoms with Gasteiger partial charge in [-0.1, -0.05) is 32.0 Å². The molecule has 1 aromatic carbocycles.